The third kappa shape index (κ3) is 2.68. The molecular weight excluding hydrogens is 180 g/mol. The zero-order chi connectivity index (χ0) is 10.4. The molecular formula is C11H18O3. The molecule has 0 aromatic carbocycles. The van der Waals surface area contributed by atoms with Crippen LogP contribution in [0.5, 0.6) is 0 Å². The fourth-order valence-electron chi connectivity index (χ4n) is 1.89. The predicted molar refractivity (Wildman–Crippen MR) is 53.7 cm³/mol. The Morgan fingerprint density at radius 2 is 1.71 bits per heavy atom. The van der Waals surface area contributed by atoms with Gasteiger partial charge in [0.25, 0.3) is 0 Å². The predicted octanol–water partition coefficient (Wildman–Crippen LogP) is 2.09. The van der Waals surface area contributed by atoms with Crippen LogP contribution < -0.4 is 0 Å². The molecule has 80 valence electrons. The lowest BCUT2D eigenvalue weighted by atomic mass is 9.90. The monoisotopic (exact) mass is 198 g/mol. The summed E-state index contributed by atoms with van der Waals surface area (Å²) in [6, 6.07) is 0. The lowest BCUT2D eigenvalue weighted by molar-refractivity contribution is -0.244. The van der Waals surface area contributed by atoms with Gasteiger partial charge in [-0.3, -0.25) is 0 Å². The molecule has 1 aliphatic carbocycles. The first-order valence-corrected chi connectivity index (χ1v) is 5.27. The summed E-state index contributed by atoms with van der Waals surface area (Å²) >= 11 is 0. The molecule has 0 heterocycles. The highest BCUT2D eigenvalue weighted by Crippen LogP contribution is 2.34. The summed E-state index contributed by atoms with van der Waals surface area (Å²) in [6.07, 6.45) is 3.06. The minimum atomic E-state index is -0.441. The number of rotatable bonds is 4. The molecule has 1 fully saturated rings. The molecule has 0 amide bonds. The average Bonchev–Trinajstić information content (AvgIpc) is 2.20. The Balaban J connectivity index is 2.58. The molecule has 1 rings (SSSR count). The Labute approximate surface area is 85.1 Å². The van der Waals surface area contributed by atoms with Crippen LogP contribution >= 0.6 is 0 Å². The van der Waals surface area contributed by atoms with Gasteiger partial charge in [0.1, 0.15) is 5.94 Å². The maximum atomic E-state index is 10.4. The first kappa shape index (κ1) is 11.4. The number of ether oxygens (including phenoxy) is 2. The van der Waals surface area contributed by atoms with Crippen LogP contribution in [0.2, 0.25) is 0 Å². The lowest BCUT2D eigenvalue weighted by Gasteiger charge is -2.36. The van der Waals surface area contributed by atoms with Crippen molar-refractivity contribution >= 4 is 5.94 Å². The third-order valence-corrected chi connectivity index (χ3v) is 2.57. The van der Waals surface area contributed by atoms with Gasteiger partial charge in [-0.15, -0.1) is 0 Å². The van der Waals surface area contributed by atoms with E-state index in [4.69, 9.17) is 9.47 Å². The highest BCUT2D eigenvalue weighted by molar-refractivity contribution is 5.52. The molecule has 0 spiro atoms. The molecule has 3 nitrogen and oxygen atoms in total. The van der Waals surface area contributed by atoms with Crippen LogP contribution in [0.3, 0.4) is 0 Å². The molecule has 0 aromatic rings. The van der Waals surface area contributed by atoms with Crippen LogP contribution in [0, 0.1) is 0 Å². The Morgan fingerprint density at radius 1 is 1.21 bits per heavy atom. The van der Waals surface area contributed by atoms with Gasteiger partial charge >= 0.3 is 0 Å². The highest BCUT2D eigenvalue weighted by atomic mass is 16.7. The van der Waals surface area contributed by atoms with Gasteiger partial charge in [-0.05, 0) is 26.7 Å². The van der Waals surface area contributed by atoms with Crippen molar-refractivity contribution in [2.24, 2.45) is 0 Å². The quantitative estimate of drug-likeness (QED) is 0.512. The van der Waals surface area contributed by atoms with E-state index in [0.717, 1.165) is 31.3 Å². The zero-order valence-electron chi connectivity index (χ0n) is 8.97. The molecule has 0 saturated heterocycles. The van der Waals surface area contributed by atoms with Crippen LogP contribution in [0.4, 0.5) is 0 Å². The normalized spacial score (nSPS) is 20.6. The summed E-state index contributed by atoms with van der Waals surface area (Å²) in [4.78, 5) is 10.4. The standard InChI is InChI=1S/C11H18O3/c1-3-13-11(14-4-2)7-5-10(9-12)6-8-11/h3-8H2,1-2H3. The second-order valence-electron chi connectivity index (χ2n) is 3.48. The maximum Gasteiger partial charge on any atom is 0.168 e. The van der Waals surface area contributed by atoms with Crippen molar-refractivity contribution in [1.82, 2.24) is 0 Å². The molecule has 0 aliphatic heterocycles. The van der Waals surface area contributed by atoms with E-state index in [2.05, 4.69) is 0 Å². The van der Waals surface area contributed by atoms with Gasteiger partial charge < -0.3 is 9.47 Å². The van der Waals surface area contributed by atoms with Crippen LogP contribution in [0.25, 0.3) is 0 Å². The molecule has 0 N–H and O–H groups in total. The van der Waals surface area contributed by atoms with E-state index in [1.807, 2.05) is 19.8 Å². The number of hydrogen-bond donors (Lipinski definition) is 0. The summed E-state index contributed by atoms with van der Waals surface area (Å²) in [6.45, 7) is 5.23. The molecule has 0 unspecified atom stereocenters. The molecule has 3 heteroatoms. The largest absolute Gasteiger partial charge is 0.350 e. The lowest BCUT2D eigenvalue weighted by Crippen LogP contribution is -2.38. The average molecular weight is 198 g/mol. The molecule has 0 radical (unpaired) electrons. The van der Waals surface area contributed by atoms with E-state index in [-0.39, 0.29) is 0 Å². The van der Waals surface area contributed by atoms with E-state index >= 15 is 0 Å². The van der Waals surface area contributed by atoms with E-state index in [1.54, 1.807) is 0 Å². The smallest absolute Gasteiger partial charge is 0.168 e. The van der Waals surface area contributed by atoms with Crippen molar-refractivity contribution in [3.05, 3.63) is 5.57 Å². The van der Waals surface area contributed by atoms with Gasteiger partial charge in [0, 0.05) is 31.6 Å². The first-order chi connectivity index (χ1) is 6.76. The van der Waals surface area contributed by atoms with Crippen molar-refractivity contribution in [1.29, 1.82) is 0 Å². The summed E-state index contributed by atoms with van der Waals surface area (Å²) < 4.78 is 11.3. The van der Waals surface area contributed by atoms with Crippen LogP contribution in [0.1, 0.15) is 39.5 Å². The van der Waals surface area contributed by atoms with Crippen LogP contribution in [0.15, 0.2) is 5.57 Å². The third-order valence-electron chi connectivity index (χ3n) is 2.57. The van der Waals surface area contributed by atoms with Gasteiger partial charge in [0.2, 0.25) is 0 Å². The zero-order valence-corrected chi connectivity index (χ0v) is 8.97. The van der Waals surface area contributed by atoms with Crippen molar-refractivity contribution in [2.45, 2.75) is 45.3 Å². The number of allylic oxidation sites excluding steroid dienone is 1. The molecule has 0 atom stereocenters. The topological polar surface area (TPSA) is 35.5 Å². The van der Waals surface area contributed by atoms with Crippen molar-refractivity contribution in [3.8, 4) is 0 Å². The summed E-state index contributed by atoms with van der Waals surface area (Å²) in [7, 11) is 0. The van der Waals surface area contributed by atoms with Gasteiger partial charge in [0.05, 0.1) is 0 Å². The van der Waals surface area contributed by atoms with Crippen molar-refractivity contribution in [3.63, 3.8) is 0 Å². The highest BCUT2D eigenvalue weighted by Gasteiger charge is 2.34. The van der Waals surface area contributed by atoms with Crippen molar-refractivity contribution < 1.29 is 14.3 Å². The Morgan fingerprint density at radius 3 is 2.07 bits per heavy atom. The minimum absolute atomic E-state index is 0.441. The molecule has 1 saturated carbocycles. The minimum Gasteiger partial charge on any atom is -0.350 e. The Bertz CT molecular complexity index is 211. The molecule has 1 aliphatic rings. The van der Waals surface area contributed by atoms with E-state index in [1.165, 1.54) is 0 Å². The SMILES string of the molecule is CCOC1(OCC)CCC(=C=O)CC1. The maximum absolute atomic E-state index is 10.4. The molecule has 14 heavy (non-hydrogen) atoms. The van der Waals surface area contributed by atoms with Crippen molar-refractivity contribution in [2.75, 3.05) is 13.2 Å². The van der Waals surface area contributed by atoms with Crippen LogP contribution in [-0.2, 0) is 14.3 Å². The van der Waals surface area contributed by atoms with E-state index < -0.39 is 5.79 Å². The Kier molecular flexibility index (Phi) is 4.33. The van der Waals surface area contributed by atoms with Gasteiger partial charge in [-0.2, -0.15) is 0 Å². The number of hydrogen-bond acceptors (Lipinski definition) is 3. The van der Waals surface area contributed by atoms with Crippen LogP contribution in [-0.4, -0.2) is 24.9 Å². The fourth-order valence-corrected chi connectivity index (χ4v) is 1.89. The summed E-state index contributed by atoms with van der Waals surface area (Å²) in [5, 5.41) is 0. The Hall–Kier alpha value is -0.630. The van der Waals surface area contributed by atoms with Gasteiger partial charge in [-0.1, -0.05) is 0 Å². The van der Waals surface area contributed by atoms with E-state index in [0.29, 0.717) is 13.2 Å². The van der Waals surface area contributed by atoms with Gasteiger partial charge in [-0.25, -0.2) is 4.79 Å². The molecule has 0 bridgehead atoms. The second-order valence-corrected chi connectivity index (χ2v) is 3.48. The second kappa shape index (κ2) is 5.30. The fraction of sp³-hybridized carbons (Fsp3) is 0.818. The summed E-state index contributed by atoms with van der Waals surface area (Å²) in [5.41, 5.74) is 0.861. The molecule has 0 aromatic heterocycles. The summed E-state index contributed by atoms with van der Waals surface area (Å²) in [5.74, 6) is 1.54. The van der Waals surface area contributed by atoms with Gasteiger partial charge in [0.15, 0.2) is 5.79 Å². The number of carbonyl (C=O) groups excluding carboxylic acids is 1. The van der Waals surface area contributed by atoms with E-state index in [9.17, 15) is 4.79 Å². The first-order valence-electron chi connectivity index (χ1n) is 5.27.